The van der Waals surface area contributed by atoms with Gasteiger partial charge in [-0.2, -0.15) is 0 Å². The minimum atomic E-state index is -0.415. The molecule has 0 radical (unpaired) electrons. The van der Waals surface area contributed by atoms with Gasteiger partial charge in [-0.3, -0.25) is 9.59 Å². The predicted octanol–water partition coefficient (Wildman–Crippen LogP) is 3.78. The quantitative estimate of drug-likeness (QED) is 0.903. The number of rotatable bonds is 4. The first-order valence-electron chi connectivity index (χ1n) is 6.42. The lowest BCUT2D eigenvalue weighted by Crippen LogP contribution is -2.20. The van der Waals surface area contributed by atoms with E-state index in [0.717, 1.165) is 0 Å². The molecule has 1 heterocycles. The van der Waals surface area contributed by atoms with E-state index in [1.165, 1.54) is 6.26 Å². The van der Waals surface area contributed by atoms with Crippen LogP contribution in [0.1, 0.15) is 24.4 Å². The Hall–Kier alpha value is -2.27. The Morgan fingerprint density at radius 2 is 1.90 bits per heavy atom. The summed E-state index contributed by atoms with van der Waals surface area (Å²) >= 11 is 5.94. The van der Waals surface area contributed by atoms with Crippen LogP contribution in [0, 0.1) is 5.92 Å². The van der Waals surface area contributed by atoms with Gasteiger partial charge in [-0.1, -0.05) is 25.4 Å². The molecule has 0 fully saturated rings. The molecule has 21 heavy (non-hydrogen) atoms. The standard InChI is InChI=1S/C15H15ClN2O3/c1-9(2)14(19)17-11-6-5-10(16)8-12(11)18-15(20)13-4-3-7-21-13/h3-9H,1-2H3,(H,17,19)(H,18,20). The predicted molar refractivity (Wildman–Crippen MR) is 81.6 cm³/mol. The van der Waals surface area contributed by atoms with Gasteiger partial charge < -0.3 is 15.1 Å². The molecule has 110 valence electrons. The third kappa shape index (κ3) is 3.86. The molecule has 0 aliphatic carbocycles. The van der Waals surface area contributed by atoms with Crippen LogP contribution in [0.5, 0.6) is 0 Å². The molecule has 6 heteroatoms. The summed E-state index contributed by atoms with van der Waals surface area (Å²) in [6, 6.07) is 8.01. The van der Waals surface area contributed by atoms with Crippen molar-refractivity contribution in [3.63, 3.8) is 0 Å². The molecule has 0 atom stereocenters. The molecule has 0 spiro atoms. The Kier molecular flexibility index (Phi) is 4.65. The van der Waals surface area contributed by atoms with Crippen LogP contribution in [-0.2, 0) is 4.79 Å². The number of amides is 2. The van der Waals surface area contributed by atoms with Crippen LogP contribution < -0.4 is 10.6 Å². The Morgan fingerprint density at radius 3 is 2.52 bits per heavy atom. The van der Waals surface area contributed by atoms with E-state index < -0.39 is 5.91 Å². The van der Waals surface area contributed by atoms with Crippen LogP contribution in [0.3, 0.4) is 0 Å². The second-order valence-corrected chi connectivity index (χ2v) is 5.20. The van der Waals surface area contributed by atoms with E-state index in [1.807, 2.05) is 0 Å². The average Bonchev–Trinajstić information content (AvgIpc) is 2.95. The smallest absolute Gasteiger partial charge is 0.291 e. The van der Waals surface area contributed by atoms with Gasteiger partial charge in [0.2, 0.25) is 5.91 Å². The summed E-state index contributed by atoms with van der Waals surface area (Å²) in [4.78, 5) is 23.8. The highest BCUT2D eigenvalue weighted by atomic mass is 35.5. The molecule has 5 nitrogen and oxygen atoms in total. The van der Waals surface area contributed by atoms with Gasteiger partial charge in [-0.15, -0.1) is 0 Å². The maximum atomic E-state index is 12.0. The summed E-state index contributed by atoms with van der Waals surface area (Å²) in [5, 5.41) is 5.86. The van der Waals surface area contributed by atoms with Crippen molar-refractivity contribution in [3.8, 4) is 0 Å². The van der Waals surface area contributed by atoms with Crippen molar-refractivity contribution in [3.05, 3.63) is 47.4 Å². The van der Waals surface area contributed by atoms with Gasteiger partial charge in [-0.25, -0.2) is 0 Å². The second-order valence-electron chi connectivity index (χ2n) is 4.77. The lowest BCUT2D eigenvalue weighted by Gasteiger charge is -2.13. The molecule has 0 aliphatic heterocycles. The van der Waals surface area contributed by atoms with Crippen molar-refractivity contribution >= 4 is 34.8 Å². The number of halogens is 1. The summed E-state index contributed by atoms with van der Waals surface area (Å²) in [5.41, 5.74) is 0.899. The maximum Gasteiger partial charge on any atom is 0.291 e. The van der Waals surface area contributed by atoms with Gasteiger partial charge >= 0.3 is 0 Å². The second kappa shape index (κ2) is 6.45. The van der Waals surface area contributed by atoms with Crippen LogP contribution in [0.4, 0.5) is 11.4 Å². The van der Waals surface area contributed by atoms with Crippen LogP contribution in [0.2, 0.25) is 5.02 Å². The molecule has 2 aromatic rings. The van der Waals surface area contributed by atoms with Crippen molar-refractivity contribution in [2.45, 2.75) is 13.8 Å². The van der Waals surface area contributed by atoms with Crippen molar-refractivity contribution in [2.75, 3.05) is 10.6 Å². The van der Waals surface area contributed by atoms with Crippen LogP contribution >= 0.6 is 11.6 Å². The fourth-order valence-corrected chi connectivity index (χ4v) is 1.77. The zero-order chi connectivity index (χ0) is 15.4. The van der Waals surface area contributed by atoms with E-state index in [4.69, 9.17) is 16.0 Å². The Labute approximate surface area is 127 Å². The van der Waals surface area contributed by atoms with Crippen LogP contribution in [-0.4, -0.2) is 11.8 Å². The summed E-state index contributed by atoms with van der Waals surface area (Å²) < 4.78 is 5.02. The SMILES string of the molecule is CC(C)C(=O)Nc1ccc(Cl)cc1NC(=O)c1ccco1. The van der Waals surface area contributed by atoms with Gasteiger partial charge in [-0.05, 0) is 30.3 Å². The molecule has 2 N–H and O–H groups in total. The van der Waals surface area contributed by atoms with Gasteiger partial charge in [0, 0.05) is 10.9 Å². The van der Waals surface area contributed by atoms with Crippen molar-refractivity contribution in [1.29, 1.82) is 0 Å². The Balaban J connectivity index is 2.23. The number of benzene rings is 1. The molecular formula is C15H15ClN2O3. The van der Waals surface area contributed by atoms with Gasteiger partial charge in [0.15, 0.2) is 5.76 Å². The van der Waals surface area contributed by atoms with Gasteiger partial charge in [0.1, 0.15) is 0 Å². The van der Waals surface area contributed by atoms with Crippen molar-refractivity contribution in [1.82, 2.24) is 0 Å². The number of nitrogens with one attached hydrogen (secondary N) is 2. The molecular weight excluding hydrogens is 292 g/mol. The van der Waals surface area contributed by atoms with E-state index in [2.05, 4.69) is 10.6 Å². The highest BCUT2D eigenvalue weighted by Gasteiger charge is 2.14. The zero-order valence-corrected chi connectivity index (χ0v) is 12.4. The first-order valence-corrected chi connectivity index (χ1v) is 6.80. The summed E-state index contributed by atoms with van der Waals surface area (Å²) in [7, 11) is 0. The molecule has 0 aliphatic rings. The third-order valence-electron chi connectivity index (χ3n) is 2.76. The monoisotopic (exact) mass is 306 g/mol. The zero-order valence-electron chi connectivity index (χ0n) is 11.6. The van der Waals surface area contributed by atoms with E-state index in [9.17, 15) is 9.59 Å². The molecule has 0 saturated heterocycles. The molecule has 2 rings (SSSR count). The molecule has 2 amide bonds. The number of carbonyl (C=O) groups is 2. The Morgan fingerprint density at radius 1 is 1.14 bits per heavy atom. The van der Waals surface area contributed by atoms with Crippen LogP contribution in [0.25, 0.3) is 0 Å². The number of anilines is 2. The van der Waals surface area contributed by atoms with Crippen LogP contribution in [0.15, 0.2) is 41.0 Å². The maximum absolute atomic E-state index is 12.0. The molecule has 0 saturated carbocycles. The van der Waals surface area contributed by atoms with E-state index in [1.54, 1.807) is 44.2 Å². The third-order valence-corrected chi connectivity index (χ3v) is 2.99. The fraction of sp³-hybridized carbons (Fsp3) is 0.200. The topological polar surface area (TPSA) is 71.3 Å². The minimum absolute atomic E-state index is 0.147. The number of hydrogen-bond donors (Lipinski definition) is 2. The molecule has 1 aromatic carbocycles. The summed E-state index contributed by atoms with van der Waals surface area (Å²) in [6.45, 7) is 3.57. The molecule has 0 bridgehead atoms. The van der Waals surface area contributed by atoms with E-state index in [-0.39, 0.29) is 17.6 Å². The number of carbonyl (C=O) groups excluding carboxylic acids is 2. The minimum Gasteiger partial charge on any atom is -0.459 e. The van der Waals surface area contributed by atoms with Crippen molar-refractivity contribution < 1.29 is 14.0 Å². The summed E-state index contributed by atoms with van der Waals surface area (Å²) in [6.07, 6.45) is 1.41. The van der Waals surface area contributed by atoms with Gasteiger partial charge in [0.25, 0.3) is 5.91 Å². The van der Waals surface area contributed by atoms with E-state index >= 15 is 0 Å². The number of hydrogen-bond acceptors (Lipinski definition) is 3. The summed E-state index contributed by atoms with van der Waals surface area (Å²) in [5.74, 6) is -0.557. The normalized spacial score (nSPS) is 10.5. The largest absolute Gasteiger partial charge is 0.459 e. The van der Waals surface area contributed by atoms with Crippen molar-refractivity contribution in [2.24, 2.45) is 5.92 Å². The van der Waals surface area contributed by atoms with Gasteiger partial charge in [0.05, 0.1) is 17.6 Å². The molecule has 1 aromatic heterocycles. The highest BCUT2D eigenvalue weighted by Crippen LogP contribution is 2.27. The van der Waals surface area contributed by atoms with E-state index in [0.29, 0.717) is 16.4 Å². The lowest BCUT2D eigenvalue weighted by atomic mass is 10.2. The first kappa shape index (κ1) is 15.1. The highest BCUT2D eigenvalue weighted by molar-refractivity contribution is 6.31. The first-order chi connectivity index (χ1) is 9.97. The fourth-order valence-electron chi connectivity index (χ4n) is 1.60. The average molecular weight is 307 g/mol. The Bertz CT molecular complexity index is 651. The lowest BCUT2D eigenvalue weighted by molar-refractivity contribution is -0.118. The number of furan rings is 1. The molecule has 0 unspecified atom stereocenters.